The molecule has 2 heterocycles. The molecule has 0 amide bonds. The third-order valence-corrected chi connectivity index (χ3v) is 13.7. The number of carbonyl (C=O) groups excluding carboxylic acids is 2. The van der Waals surface area contributed by atoms with Crippen LogP contribution >= 0.6 is 0 Å². The van der Waals surface area contributed by atoms with Crippen molar-refractivity contribution in [1.29, 1.82) is 0 Å². The Balaban J connectivity index is 1.89. The number of esters is 1. The molecule has 0 aromatic rings. The van der Waals surface area contributed by atoms with Gasteiger partial charge in [0.15, 0.2) is 14.1 Å². The highest BCUT2D eigenvalue weighted by Gasteiger charge is 2.47. The molecule has 0 spiro atoms. The quantitative estimate of drug-likeness (QED) is 0.166. The van der Waals surface area contributed by atoms with Gasteiger partial charge in [0, 0.05) is 31.3 Å². The second-order valence-electron chi connectivity index (χ2n) is 14.8. The molecule has 0 aromatic carbocycles. The fourth-order valence-electron chi connectivity index (χ4n) is 5.46. The zero-order chi connectivity index (χ0) is 31.2. The molecule has 1 N–H and O–H groups in total. The number of Topliss-reactive ketones (excluding diaryl/α,β-unsaturated/α-hetero) is 1. The summed E-state index contributed by atoms with van der Waals surface area (Å²) < 4.78 is 30.4. The minimum atomic E-state index is -1.88. The SMILES string of the molecule is CCC[C@@H](C[C@@H]1CC[C@H]([C@@H](C)[C@H](O)CC(=O)CCC2(C(C)C(=O)OC(C)(C)C)OCCO2)O1)O[Si](C)(C)C(C)(C)C. The summed E-state index contributed by atoms with van der Waals surface area (Å²) >= 11 is 0. The number of aliphatic hydroxyl groups is 1. The standard InChI is InChI=1S/C32H60O8Si/c1-12-13-26(40-41(10,11)31(7,8)9)21-25-14-15-28(38-25)22(2)27(34)20-24(33)16-17-32(36-18-19-37-32)23(3)29(35)39-30(4,5)6/h22-23,25-28,34H,12-21H2,1-11H3/t22-,23?,25-,26-,27+,28+/m0/s1. The lowest BCUT2D eigenvalue weighted by molar-refractivity contribution is -0.215. The Morgan fingerprint density at radius 3 is 2.20 bits per heavy atom. The Morgan fingerprint density at radius 2 is 1.66 bits per heavy atom. The van der Waals surface area contributed by atoms with Gasteiger partial charge in [0.05, 0.1) is 31.5 Å². The molecule has 0 bridgehead atoms. The van der Waals surface area contributed by atoms with Crippen molar-refractivity contribution >= 4 is 20.1 Å². The molecule has 1 unspecified atom stereocenters. The average Bonchev–Trinajstić information content (AvgIpc) is 3.50. The predicted octanol–water partition coefficient (Wildman–Crippen LogP) is 6.57. The van der Waals surface area contributed by atoms with Crippen LogP contribution in [0.25, 0.3) is 0 Å². The van der Waals surface area contributed by atoms with Crippen LogP contribution in [0.15, 0.2) is 0 Å². The number of rotatable bonds is 15. The highest BCUT2D eigenvalue weighted by molar-refractivity contribution is 6.74. The first kappa shape index (κ1) is 36.3. The van der Waals surface area contributed by atoms with Crippen molar-refractivity contribution in [2.45, 2.75) is 168 Å². The molecule has 2 fully saturated rings. The van der Waals surface area contributed by atoms with E-state index in [1.54, 1.807) is 6.92 Å². The second-order valence-corrected chi connectivity index (χ2v) is 19.6. The van der Waals surface area contributed by atoms with Crippen LogP contribution in [0.1, 0.15) is 114 Å². The van der Waals surface area contributed by atoms with Crippen LogP contribution in [0.4, 0.5) is 0 Å². The first-order valence-corrected chi connectivity index (χ1v) is 18.7. The van der Waals surface area contributed by atoms with E-state index in [2.05, 4.69) is 40.8 Å². The van der Waals surface area contributed by atoms with E-state index in [4.69, 9.17) is 23.4 Å². The number of hydrogen-bond donors (Lipinski definition) is 1. The van der Waals surface area contributed by atoms with Gasteiger partial charge in [-0.05, 0) is 71.5 Å². The van der Waals surface area contributed by atoms with Gasteiger partial charge in [-0.1, -0.05) is 41.0 Å². The molecular weight excluding hydrogens is 540 g/mol. The fraction of sp³-hybridized carbons (Fsp3) is 0.938. The zero-order valence-corrected chi connectivity index (χ0v) is 28.8. The Morgan fingerprint density at radius 1 is 1.05 bits per heavy atom. The Hall–Kier alpha value is -0.843. The van der Waals surface area contributed by atoms with Crippen molar-refractivity contribution < 1.29 is 38.1 Å². The maximum atomic E-state index is 12.9. The summed E-state index contributed by atoms with van der Waals surface area (Å²) in [6, 6.07) is 0. The monoisotopic (exact) mass is 600 g/mol. The summed E-state index contributed by atoms with van der Waals surface area (Å²) in [5.41, 5.74) is -0.628. The minimum absolute atomic E-state index is 0.0372. The van der Waals surface area contributed by atoms with Crippen LogP contribution in [0.5, 0.6) is 0 Å². The van der Waals surface area contributed by atoms with Gasteiger partial charge < -0.3 is 28.5 Å². The van der Waals surface area contributed by atoms with Crippen LogP contribution in [0.3, 0.4) is 0 Å². The third-order valence-electron chi connectivity index (χ3n) is 9.12. The first-order valence-electron chi connectivity index (χ1n) is 15.8. The highest BCUT2D eigenvalue weighted by atomic mass is 28.4. The summed E-state index contributed by atoms with van der Waals surface area (Å²) in [5, 5.41) is 11.1. The van der Waals surface area contributed by atoms with Crippen LogP contribution < -0.4 is 0 Å². The summed E-state index contributed by atoms with van der Waals surface area (Å²) in [7, 11) is -1.88. The first-order chi connectivity index (χ1) is 18.8. The van der Waals surface area contributed by atoms with Gasteiger partial charge in [-0.2, -0.15) is 0 Å². The predicted molar refractivity (Wildman–Crippen MR) is 163 cm³/mol. The van der Waals surface area contributed by atoms with E-state index in [9.17, 15) is 14.7 Å². The molecule has 8 nitrogen and oxygen atoms in total. The minimum Gasteiger partial charge on any atom is -0.460 e. The molecule has 41 heavy (non-hydrogen) atoms. The third kappa shape index (κ3) is 10.7. The van der Waals surface area contributed by atoms with E-state index in [-0.39, 0.29) is 54.3 Å². The molecule has 240 valence electrons. The number of ether oxygens (including phenoxy) is 4. The molecule has 0 aliphatic carbocycles. The van der Waals surface area contributed by atoms with E-state index in [1.165, 1.54) is 0 Å². The molecule has 2 rings (SSSR count). The fourth-order valence-corrected chi connectivity index (χ4v) is 6.86. The van der Waals surface area contributed by atoms with Crippen molar-refractivity contribution in [3.63, 3.8) is 0 Å². The highest BCUT2D eigenvalue weighted by Crippen LogP contribution is 2.40. The molecule has 6 atom stereocenters. The molecule has 0 saturated carbocycles. The summed E-state index contributed by atoms with van der Waals surface area (Å²) in [6.45, 7) is 23.5. The lowest BCUT2D eigenvalue weighted by Gasteiger charge is -2.40. The van der Waals surface area contributed by atoms with Crippen LogP contribution in [0.2, 0.25) is 18.1 Å². The van der Waals surface area contributed by atoms with Gasteiger partial charge in [-0.25, -0.2) is 0 Å². The van der Waals surface area contributed by atoms with E-state index in [1.807, 2.05) is 27.7 Å². The number of carbonyl (C=O) groups is 2. The van der Waals surface area contributed by atoms with Gasteiger partial charge in [0.1, 0.15) is 17.3 Å². The Labute approximate surface area is 250 Å². The van der Waals surface area contributed by atoms with Gasteiger partial charge in [-0.15, -0.1) is 0 Å². The largest absolute Gasteiger partial charge is 0.460 e. The van der Waals surface area contributed by atoms with Crippen molar-refractivity contribution in [3.8, 4) is 0 Å². The lowest BCUT2D eigenvalue weighted by Crippen LogP contribution is -2.45. The van der Waals surface area contributed by atoms with Crippen molar-refractivity contribution in [1.82, 2.24) is 0 Å². The number of ketones is 1. The molecular formula is C32H60O8Si. The van der Waals surface area contributed by atoms with Gasteiger partial charge in [-0.3, -0.25) is 9.59 Å². The maximum Gasteiger partial charge on any atom is 0.314 e. The Bertz CT molecular complexity index is 840. The number of aliphatic hydroxyl groups excluding tert-OH is 1. The summed E-state index contributed by atoms with van der Waals surface area (Å²) in [4.78, 5) is 25.7. The lowest BCUT2D eigenvalue weighted by atomic mass is 9.89. The molecule has 2 aliphatic rings. The van der Waals surface area contributed by atoms with Gasteiger partial charge in [0.25, 0.3) is 0 Å². The van der Waals surface area contributed by atoms with E-state index in [0.29, 0.717) is 13.2 Å². The van der Waals surface area contributed by atoms with Crippen LogP contribution in [0, 0.1) is 11.8 Å². The normalized spacial score (nSPS) is 24.6. The second kappa shape index (κ2) is 14.8. The molecule has 0 radical (unpaired) electrons. The summed E-state index contributed by atoms with van der Waals surface area (Å²) in [5.74, 6) is -2.52. The zero-order valence-electron chi connectivity index (χ0n) is 27.8. The molecule has 9 heteroatoms. The molecule has 0 aromatic heterocycles. The van der Waals surface area contributed by atoms with Gasteiger partial charge in [0.2, 0.25) is 0 Å². The van der Waals surface area contributed by atoms with E-state index >= 15 is 0 Å². The molecule has 2 aliphatic heterocycles. The van der Waals surface area contributed by atoms with E-state index in [0.717, 1.165) is 32.1 Å². The average molecular weight is 601 g/mol. The van der Waals surface area contributed by atoms with Crippen molar-refractivity contribution in [3.05, 3.63) is 0 Å². The summed E-state index contributed by atoms with van der Waals surface area (Å²) in [6.07, 6.45) is 4.60. The van der Waals surface area contributed by atoms with Crippen molar-refractivity contribution in [2.75, 3.05) is 13.2 Å². The maximum absolute atomic E-state index is 12.9. The van der Waals surface area contributed by atoms with E-state index < -0.39 is 37.7 Å². The smallest absolute Gasteiger partial charge is 0.314 e. The topological polar surface area (TPSA) is 101 Å². The van der Waals surface area contributed by atoms with Crippen LogP contribution in [-0.2, 0) is 33.0 Å². The number of hydrogen-bond acceptors (Lipinski definition) is 8. The molecule has 2 saturated heterocycles. The Kier molecular flexibility index (Phi) is 13.1. The van der Waals surface area contributed by atoms with Crippen LogP contribution in [-0.4, -0.2) is 74.2 Å². The van der Waals surface area contributed by atoms with Gasteiger partial charge >= 0.3 is 5.97 Å². The van der Waals surface area contributed by atoms with Crippen molar-refractivity contribution in [2.24, 2.45) is 11.8 Å².